The Labute approximate surface area is 159 Å². The van der Waals surface area contributed by atoms with Crippen molar-refractivity contribution in [1.29, 1.82) is 5.26 Å². The first kappa shape index (κ1) is 18.8. The Bertz CT molecular complexity index is 818. The Balaban J connectivity index is 2.25. The van der Waals surface area contributed by atoms with Crippen LogP contribution in [0.2, 0.25) is 0 Å². The third-order valence-corrected chi connectivity index (χ3v) is 4.48. The van der Waals surface area contributed by atoms with Crippen LogP contribution in [-0.2, 0) is 4.79 Å². The number of carbonyl (C=O) groups is 1. The van der Waals surface area contributed by atoms with Gasteiger partial charge in [0.25, 0.3) is 5.91 Å². The number of rotatable bonds is 5. The van der Waals surface area contributed by atoms with Crippen LogP contribution in [0, 0.1) is 14.9 Å². The van der Waals surface area contributed by atoms with E-state index in [1.165, 1.54) is 12.1 Å². The van der Waals surface area contributed by atoms with E-state index >= 15 is 0 Å². The smallest absolute Gasteiger partial charge is 0.262 e. The van der Waals surface area contributed by atoms with Crippen molar-refractivity contribution in [3.8, 4) is 17.6 Å². The molecule has 5 nitrogen and oxygen atoms in total. The van der Waals surface area contributed by atoms with Gasteiger partial charge in [0, 0.05) is 0 Å². The molecule has 0 aliphatic heterocycles. The number of nitrogens with zero attached hydrogens (tertiary/aromatic N) is 1. The minimum atomic E-state index is -0.485. The van der Waals surface area contributed by atoms with Crippen molar-refractivity contribution in [2.75, 3.05) is 0 Å². The zero-order valence-corrected chi connectivity index (χ0v) is 15.7. The molecule has 1 amide bonds. The molecule has 128 valence electrons. The summed E-state index contributed by atoms with van der Waals surface area (Å²) < 4.78 is 0.428. The van der Waals surface area contributed by atoms with Crippen molar-refractivity contribution in [2.45, 2.75) is 19.4 Å². The van der Waals surface area contributed by atoms with Gasteiger partial charge in [0.15, 0.2) is 11.5 Å². The first-order chi connectivity index (χ1) is 12.0. The molecule has 25 heavy (non-hydrogen) atoms. The monoisotopic (exact) mass is 448 g/mol. The summed E-state index contributed by atoms with van der Waals surface area (Å²) in [5.41, 5.74) is 1.35. The summed E-state index contributed by atoms with van der Waals surface area (Å²) in [5.74, 6) is -1.01. The lowest BCUT2D eigenvalue weighted by Crippen LogP contribution is -2.29. The van der Waals surface area contributed by atoms with Gasteiger partial charge < -0.3 is 15.5 Å². The molecule has 2 aromatic rings. The molecule has 0 radical (unpaired) electrons. The SMILES string of the molecule is CCC(NC(=O)/C(C#N)=C/c1cc(O)c(O)c(I)c1)c1ccccc1. The maximum Gasteiger partial charge on any atom is 0.262 e. The van der Waals surface area contributed by atoms with Crippen molar-refractivity contribution >= 4 is 34.6 Å². The van der Waals surface area contributed by atoms with Crippen molar-refractivity contribution in [1.82, 2.24) is 5.32 Å². The van der Waals surface area contributed by atoms with Gasteiger partial charge in [0.05, 0.1) is 9.61 Å². The highest BCUT2D eigenvalue weighted by atomic mass is 127. The number of aromatic hydroxyl groups is 2. The molecular formula is C19H17IN2O3. The molecule has 0 spiro atoms. The Kier molecular flexibility index (Phi) is 6.42. The van der Waals surface area contributed by atoms with E-state index in [1.54, 1.807) is 6.07 Å². The quantitative estimate of drug-likeness (QED) is 0.280. The third-order valence-electron chi connectivity index (χ3n) is 3.66. The molecule has 0 aromatic heterocycles. The summed E-state index contributed by atoms with van der Waals surface area (Å²) in [7, 11) is 0. The largest absolute Gasteiger partial charge is 0.504 e. The minimum Gasteiger partial charge on any atom is -0.504 e. The number of amides is 1. The molecule has 0 saturated heterocycles. The van der Waals surface area contributed by atoms with Crippen molar-refractivity contribution in [2.24, 2.45) is 0 Å². The van der Waals surface area contributed by atoms with Crippen molar-refractivity contribution < 1.29 is 15.0 Å². The summed E-state index contributed by atoms with van der Waals surface area (Å²) in [6.45, 7) is 1.95. The molecule has 3 N–H and O–H groups in total. The lowest BCUT2D eigenvalue weighted by Gasteiger charge is -2.17. The number of phenols is 2. The number of halogens is 1. The van der Waals surface area contributed by atoms with Gasteiger partial charge in [0.2, 0.25) is 0 Å². The number of nitrogens with one attached hydrogen (secondary N) is 1. The summed E-state index contributed by atoms with van der Waals surface area (Å²) in [4.78, 5) is 12.4. The van der Waals surface area contributed by atoms with Crippen LogP contribution in [0.5, 0.6) is 11.5 Å². The molecule has 0 saturated carbocycles. The number of hydrogen-bond acceptors (Lipinski definition) is 4. The van der Waals surface area contributed by atoms with Crippen LogP contribution in [0.1, 0.15) is 30.5 Å². The standard InChI is InChI=1S/C19H17IN2O3/c1-2-16(13-6-4-3-5-7-13)22-19(25)14(11-21)8-12-9-15(20)18(24)17(23)10-12/h3-10,16,23-24H,2H2,1H3,(H,22,25)/b14-8+. The van der Waals surface area contributed by atoms with E-state index in [-0.39, 0.29) is 23.1 Å². The molecule has 6 heteroatoms. The Hall–Kier alpha value is -2.53. The summed E-state index contributed by atoms with van der Waals surface area (Å²) in [6, 6.07) is 14.1. The fourth-order valence-electron chi connectivity index (χ4n) is 2.35. The average molecular weight is 448 g/mol. The maximum atomic E-state index is 12.4. The van der Waals surface area contributed by atoms with Crippen LogP contribution in [0.25, 0.3) is 6.08 Å². The highest BCUT2D eigenvalue weighted by Gasteiger charge is 2.16. The van der Waals surface area contributed by atoms with E-state index in [0.717, 1.165) is 5.56 Å². The molecule has 0 aliphatic rings. The zero-order valence-electron chi connectivity index (χ0n) is 13.5. The number of benzene rings is 2. The summed E-state index contributed by atoms with van der Waals surface area (Å²) >= 11 is 1.86. The third kappa shape index (κ3) is 4.73. The molecule has 0 bridgehead atoms. The number of nitriles is 1. The Morgan fingerprint density at radius 3 is 2.56 bits per heavy atom. The van der Waals surface area contributed by atoms with E-state index in [0.29, 0.717) is 15.6 Å². The van der Waals surface area contributed by atoms with Crippen LogP contribution in [0.15, 0.2) is 48.0 Å². The molecule has 1 unspecified atom stereocenters. The van der Waals surface area contributed by atoms with E-state index in [9.17, 15) is 20.3 Å². The molecule has 2 aromatic carbocycles. The first-order valence-corrected chi connectivity index (χ1v) is 8.73. The fourth-order valence-corrected chi connectivity index (χ4v) is 2.98. The summed E-state index contributed by atoms with van der Waals surface area (Å²) in [5, 5.41) is 31.4. The first-order valence-electron chi connectivity index (χ1n) is 7.65. The molecular weight excluding hydrogens is 431 g/mol. The second-order valence-corrected chi connectivity index (χ2v) is 6.55. The van der Waals surface area contributed by atoms with Gasteiger partial charge in [-0.1, -0.05) is 37.3 Å². The average Bonchev–Trinajstić information content (AvgIpc) is 2.62. The van der Waals surface area contributed by atoms with Crippen LogP contribution in [0.3, 0.4) is 0 Å². The molecule has 0 heterocycles. The van der Waals surface area contributed by atoms with Crippen LogP contribution >= 0.6 is 22.6 Å². The van der Waals surface area contributed by atoms with E-state index < -0.39 is 5.91 Å². The van der Waals surface area contributed by atoms with Gasteiger partial charge in [-0.15, -0.1) is 0 Å². The van der Waals surface area contributed by atoms with Gasteiger partial charge >= 0.3 is 0 Å². The van der Waals surface area contributed by atoms with Crippen LogP contribution in [0.4, 0.5) is 0 Å². The highest BCUT2D eigenvalue weighted by Crippen LogP contribution is 2.32. The van der Waals surface area contributed by atoms with Crippen LogP contribution in [-0.4, -0.2) is 16.1 Å². The van der Waals surface area contributed by atoms with Crippen molar-refractivity contribution in [3.05, 3.63) is 62.7 Å². The van der Waals surface area contributed by atoms with Crippen molar-refractivity contribution in [3.63, 3.8) is 0 Å². The van der Waals surface area contributed by atoms with Gasteiger partial charge in [-0.05, 0) is 58.3 Å². The molecule has 2 rings (SSSR count). The fraction of sp³-hybridized carbons (Fsp3) is 0.158. The van der Waals surface area contributed by atoms with Crippen LogP contribution < -0.4 is 5.32 Å². The second-order valence-electron chi connectivity index (χ2n) is 5.39. The van der Waals surface area contributed by atoms with E-state index in [2.05, 4.69) is 5.32 Å². The predicted octanol–water partition coefficient (Wildman–Crippen LogP) is 3.88. The van der Waals surface area contributed by atoms with Gasteiger partial charge in [-0.2, -0.15) is 5.26 Å². The Morgan fingerprint density at radius 2 is 2.00 bits per heavy atom. The normalized spacial score (nSPS) is 12.3. The minimum absolute atomic E-state index is 0.0738. The molecule has 1 atom stereocenters. The Morgan fingerprint density at radius 1 is 1.32 bits per heavy atom. The zero-order chi connectivity index (χ0) is 18.4. The van der Waals surface area contributed by atoms with Gasteiger partial charge in [-0.25, -0.2) is 0 Å². The number of carbonyl (C=O) groups excluding carboxylic acids is 1. The van der Waals surface area contributed by atoms with E-state index in [1.807, 2.05) is 65.9 Å². The summed E-state index contributed by atoms with van der Waals surface area (Å²) in [6.07, 6.45) is 2.07. The maximum absolute atomic E-state index is 12.4. The molecule has 0 fully saturated rings. The molecule has 0 aliphatic carbocycles. The lowest BCUT2D eigenvalue weighted by atomic mass is 10.0. The van der Waals surface area contributed by atoms with Gasteiger partial charge in [0.1, 0.15) is 11.6 Å². The number of phenolic OH excluding ortho intramolecular Hbond substituents is 2. The predicted molar refractivity (Wildman–Crippen MR) is 104 cm³/mol. The number of hydrogen-bond donors (Lipinski definition) is 3. The topological polar surface area (TPSA) is 93.4 Å². The second kappa shape index (κ2) is 8.53. The lowest BCUT2D eigenvalue weighted by molar-refractivity contribution is -0.117. The van der Waals surface area contributed by atoms with Gasteiger partial charge in [-0.3, -0.25) is 4.79 Å². The van der Waals surface area contributed by atoms with E-state index in [4.69, 9.17) is 0 Å². The highest BCUT2D eigenvalue weighted by molar-refractivity contribution is 14.1.